The topological polar surface area (TPSA) is 51.1 Å². The van der Waals surface area contributed by atoms with Crippen LogP contribution in [0.15, 0.2) is 47.4 Å². The molecule has 6 heteroatoms. The Bertz CT molecular complexity index is 1060. The number of carbonyl (C=O) groups is 1. The summed E-state index contributed by atoms with van der Waals surface area (Å²) in [5.74, 6) is -1.10. The van der Waals surface area contributed by atoms with Crippen LogP contribution in [0.1, 0.15) is 15.9 Å². The van der Waals surface area contributed by atoms with Crippen molar-refractivity contribution in [2.24, 2.45) is 0 Å². The average Bonchev–Trinajstić information content (AvgIpc) is 2.98. The number of aromatic nitrogens is 1. The molecule has 0 saturated heterocycles. The molecule has 0 unspecified atom stereocenters. The van der Waals surface area contributed by atoms with Gasteiger partial charge in [-0.1, -0.05) is 23.7 Å². The number of amides is 1. The molecule has 0 bridgehead atoms. The minimum Gasteiger partial charge on any atom is -0.346 e. The first-order chi connectivity index (χ1) is 11.5. The van der Waals surface area contributed by atoms with E-state index < -0.39 is 11.7 Å². The Morgan fingerprint density at radius 2 is 2.08 bits per heavy atom. The average molecular weight is 343 g/mol. The third-order valence-electron chi connectivity index (χ3n) is 4.23. The van der Waals surface area contributed by atoms with Crippen LogP contribution in [-0.2, 0) is 13.0 Å². The number of aryl methyl sites for hydroxylation is 2. The quantitative estimate of drug-likeness (QED) is 0.773. The predicted octanol–water partition coefficient (Wildman–Crippen LogP) is 3.60. The number of para-hydroxylation sites is 1. The Hall–Kier alpha value is -2.66. The highest BCUT2D eigenvalue weighted by Gasteiger charge is 2.20. The third-order valence-corrected chi connectivity index (χ3v) is 4.51. The molecule has 0 aliphatic carbocycles. The standard InChI is InChI=1S/C18H12ClFN2O2/c19-14-8-11(4-5-15(14)20)21-18(24)13-9-22-7-6-10-2-1-3-12(16(10)22)17(13)23/h1-5,8-9H,6-7H2,(H,21,24). The molecule has 0 radical (unpaired) electrons. The van der Waals surface area contributed by atoms with Gasteiger partial charge in [0, 0.05) is 23.8 Å². The fraction of sp³-hybridized carbons (Fsp3) is 0.111. The first kappa shape index (κ1) is 14.9. The van der Waals surface area contributed by atoms with E-state index in [2.05, 4.69) is 5.32 Å². The van der Waals surface area contributed by atoms with Crippen molar-refractivity contribution in [1.82, 2.24) is 4.57 Å². The maximum atomic E-state index is 13.2. The van der Waals surface area contributed by atoms with Gasteiger partial charge in [-0.05, 0) is 36.2 Å². The van der Waals surface area contributed by atoms with Crippen LogP contribution in [0.2, 0.25) is 5.02 Å². The van der Waals surface area contributed by atoms with E-state index in [0.29, 0.717) is 11.1 Å². The summed E-state index contributed by atoms with van der Waals surface area (Å²) in [6.07, 6.45) is 2.43. The largest absolute Gasteiger partial charge is 0.346 e. The molecule has 1 aromatic heterocycles. The number of rotatable bonds is 2. The number of hydrogen-bond donors (Lipinski definition) is 1. The van der Waals surface area contributed by atoms with Crippen LogP contribution in [0.5, 0.6) is 0 Å². The number of nitrogens with zero attached hydrogens (tertiary/aromatic N) is 1. The van der Waals surface area contributed by atoms with Crippen molar-refractivity contribution in [3.8, 4) is 0 Å². The van der Waals surface area contributed by atoms with Crippen LogP contribution in [0.3, 0.4) is 0 Å². The van der Waals surface area contributed by atoms with E-state index in [1.165, 1.54) is 12.1 Å². The zero-order valence-corrected chi connectivity index (χ0v) is 13.2. The Morgan fingerprint density at radius 1 is 1.25 bits per heavy atom. The molecule has 1 aliphatic heterocycles. The van der Waals surface area contributed by atoms with E-state index in [1.54, 1.807) is 12.3 Å². The molecule has 0 saturated carbocycles. The molecule has 0 atom stereocenters. The van der Waals surface area contributed by atoms with Gasteiger partial charge in [-0.15, -0.1) is 0 Å². The monoisotopic (exact) mass is 342 g/mol. The van der Waals surface area contributed by atoms with E-state index in [-0.39, 0.29) is 16.0 Å². The lowest BCUT2D eigenvalue weighted by Gasteiger charge is -2.09. The molecular formula is C18H12ClFN2O2. The second-order valence-electron chi connectivity index (χ2n) is 5.71. The van der Waals surface area contributed by atoms with E-state index in [9.17, 15) is 14.0 Å². The minimum atomic E-state index is -0.568. The van der Waals surface area contributed by atoms with Crippen molar-refractivity contribution in [2.75, 3.05) is 5.32 Å². The van der Waals surface area contributed by atoms with Crippen molar-refractivity contribution < 1.29 is 9.18 Å². The van der Waals surface area contributed by atoms with Gasteiger partial charge in [-0.2, -0.15) is 0 Å². The Morgan fingerprint density at radius 3 is 2.88 bits per heavy atom. The maximum Gasteiger partial charge on any atom is 0.261 e. The number of hydrogen-bond acceptors (Lipinski definition) is 2. The molecule has 1 amide bonds. The smallest absolute Gasteiger partial charge is 0.261 e. The summed E-state index contributed by atoms with van der Waals surface area (Å²) in [7, 11) is 0. The molecule has 1 aliphatic rings. The number of pyridine rings is 1. The summed E-state index contributed by atoms with van der Waals surface area (Å²) in [4.78, 5) is 25.2. The summed E-state index contributed by atoms with van der Waals surface area (Å²) in [5, 5.41) is 3.04. The minimum absolute atomic E-state index is 0.0574. The van der Waals surface area contributed by atoms with Gasteiger partial charge < -0.3 is 9.88 Å². The van der Waals surface area contributed by atoms with Gasteiger partial charge in [0.25, 0.3) is 5.91 Å². The van der Waals surface area contributed by atoms with Gasteiger partial charge >= 0.3 is 0 Å². The molecule has 1 N–H and O–H groups in total. The highest BCUT2D eigenvalue weighted by molar-refractivity contribution is 6.31. The first-order valence-electron chi connectivity index (χ1n) is 7.46. The Labute approximate surface area is 141 Å². The van der Waals surface area contributed by atoms with Gasteiger partial charge in [0.2, 0.25) is 5.43 Å². The van der Waals surface area contributed by atoms with Gasteiger partial charge in [0.1, 0.15) is 11.4 Å². The maximum absolute atomic E-state index is 13.2. The van der Waals surface area contributed by atoms with Crippen LogP contribution in [-0.4, -0.2) is 10.5 Å². The predicted molar refractivity (Wildman–Crippen MR) is 91.3 cm³/mol. The van der Waals surface area contributed by atoms with Crippen LogP contribution in [0.4, 0.5) is 10.1 Å². The zero-order chi connectivity index (χ0) is 16.8. The van der Waals surface area contributed by atoms with E-state index >= 15 is 0 Å². The first-order valence-corrected chi connectivity index (χ1v) is 7.84. The second-order valence-corrected chi connectivity index (χ2v) is 6.12. The Balaban J connectivity index is 1.77. The summed E-state index contributed by atoms with van der Waals surface area (Å²) in [5.41, 5.74) is 2.09. The highest BCUT2D eigenvalue weighted by Crippen LogP contribution is 2.24. The van der Waals surface area contributed by atoms with Crippen LogP contribution in [0.25, 0.3) is 10.9 Å². The molecule has 3 aromatic rings. The normalized spacial score (nSPS) is 12.6. The van der Waals surface area contributed by atoms with Crippen molar-refractivity contribution in [2.45, 2.75) is 13.0 Å². The van der Waals surface area contributed by atoms with Gasteiger partial charge in [-0.25, -0.2) is 4.39 Å². The Kier molecular flexibility index (Phi) is 3.39. The second kappa shape index (κ2) is 5.46. The molecule has 0 spiro atoms. The molecular weight excluding hydrogens is 331 g/mol. The van der Waals surface area contributed by atoms with Crippen LogP contribution in [0, 0.1) is 5.82 Å². The van der Waals surface area contributed by atoms with Crippen molar-refractivity contribution in [3.63, 3.8) is 0 Å². The number of benzene rings is 2. The third kappa shape index (κ3) is 2.29. The summed E-state index contributed by atoms with van der Waals surface area (Å²) >= 11 is 5.72. The molecule has 120 valence electrons. The van der Waals surface area contributed by atoms with E-state index in [1.807, 2.05) is 16.7 Å². The SMILES string of the molecule is O=C(Nc1ccc(F)c(Cl)c1)c1cn2c3c(cccc3c1=O)CC2. The fourth-order valence-corrected chi connectivity index (χ4v) is 3.27. The lowest BCUT2D eigenvalue weighted by molar-refractivity contribution is 0.102. The number of halogens is 2. The molecule has 4 nitrogen and oxygen atoms in total. The summed E-state index contributed by atoms with van der Waals surface area (Å²) < 4.78 is 15.1. The lowest BCUT2D eigenvalue weighted by atomic mass is 10.1. The summed E-state index contributed by atoms with van der Waals surface area (Å²) in [6, 6.07) is 9.42. The van der Waals surface area contributed by atoms with E-state index in [0.717, 1.165) is 30.1 Å². The lowest BCUT2D eigenvalue weighted by Crippen LogP contribution is -2.23. The summed E-state index contributed by atoms with van der Waals surface area (Å²) in [6.45, 7) is 0.735. The van der Waals surface area contributed by atoms with Gasteiger partial charge in [0.15, 0.2) is 0 Å². The number of nitrogens with one attached hydrogen (secondary N) is 1. The number of carbonyl (C=O) groups excluding carboxylic acids is 1. The molecule has 2 aromatic carbocycles. The molecule has 24 heavy (non-hydrogen) atoms. The van der Waals surface area contributed by atoms with Crippen molar-refractivity contribution in [1.29, 1.82) is 0 Å². The highest BCUT2D eigenvalue weighted by atomic mass is 35.5. The van der Waals surface area contributed by atoms with Crippen molar-refractivity contribution in [3.05, 3.63) is 74.8 Å². The van der Waals surface area contributed by atoms with E-state index in [4.69, 9.17) is 11.6 Å². The molecule has 0 fully saturated rings. The molecule has 4 rings (SSSR count). The van der Waals surface area contributed by atoms with Gasteiger partial charge in [0.05, 0.1) is 10.5 Å². The van der Waals surface area contributed by atoms with Gasteiger partial charge in [-0.3, -0.25) is 9.59 Å². The zero-order valence-electron chi connectivity index (χ0n) is 12.5. The molecule has 2 heterocycles. The van der Waals surface area contributed by atoms with Crippen molar-refractivity contribution >= 4 is 34.1 Å². The van der Waals surface area contributed by atoms with Crippen LogP contribution >= 0.6 is 11.6 Å². The van der Waals surface area contributed by atoms with Crippen LogP contribution < -0.4 is 10.7 Å². The fourth-order valence-electron chi connectivity index (χ4n) is 3.09. The number of anilines is 1.